The summed E-state index contributed by atoms with van der Waals surface area (Å²) in [4.78, 5) is 10.5. The van der Waals surface area contributed by atoms with Gasteiger partial charge in [0.05, 0.1) is 0 Å². The average Bonchev–Trinajstić information content (AvgIpc) is 2.04. The number of rotatable bonds is 3. The zero-order valence-corrected chi connectivity index (χ0v) is 8.62. The van der Waals surface area contributed by atoms with Crippen molar-refractivity contribution in [1.82, 2.24) is 0 Å². The van der Waals surface area contributed by atoms with Crippen LogP contribution in [-0.2, 0) is 4.79 Å². The molecule has 0 amide bonds. The minimum absolute atomic E-state index is 0.380. The minimum Gasteiger partial charge on any atom is -0.481 e. The fourth-order valence-corrected chi connectivity index (χ4v) is 2.31. The first-order valence-corrected chi connectivity index (χ1v) is 5.31. The smallest absolute Gasteiger partial charge is 0.303 e. The SMILES string of the molecule is CC(C)[C@H]1CC[C@@H](CC(=O)O)CC1. The summed E-state index contributed by atoms with van der Waals surface area (Å²) in [7, 11) is 0. The second kappa shape index (κ2) is 4.64. The van der Waals surface area contributed by atoms with Crippen LogP contribution in [0.1, 0.15) is 46.0 Å². The van der Waals surface area contributed by atoms with E-state index in [1.54, 1.807) is 0 Å². The summed E-state index contributed by atoms with van der Waals surface area (Å²) in [6.07, 6.45) is 5.08. The molecule has 0 aromatic heterocycles. The molecule has 0 radical (unpaired) electrons. The molecule has 1 rings (SSSR count). The van der Waals surface area contributed by atoms with Crippen LogP contribution in [0.4, 0.5) is 0 Å². The van der Waals surface area contributed by atoms with E-state index in [1.165, 1.54) is 12.8 Å². The number of carboxylic acid groups (broad SMARTS) is 1. The van der Waals surface area contributed by atoms with Crippen molar-refractivity contribution < 1.29 is 9.90 Å². The zero-order chi connectivity index (χ0) is 9.84. The van der Waals surface area contributed by atoms with Crippen molar-refractivity contribution in [2.45, 2.75) is 46.0 Å². The normalized spacial score (nSPS) is 29.2. The maximum atomic E-state index is 10.5. The Morgan fingerprint density at radius 1 is 1.31 bits per heavy atom. The second-order valence-electron chi connectivity index (χ2n) is 4.62. The van der Waals surface area contributed by atoms with Crippen LogP contribution in [0.25, 0.3) is 0 Å². The van der Waals surface area contributed by atoms with Crippen LogP contribution in [0.3, 0.4) is 0 Å². The molecule has 0 heterocycles. The molecule has 0 saturated heterocycles. The summed E-state index contributed by atoms with van der Waals surface area (Å²) in [5.41, 5.74) is 0. The first-order valence-electron chi connectivity index (χ1n) is 5.31. The molecule has 1 saturated carbocycles. The van der Waals surface area contributed by atoms with Gasteiger partial charge in [0, 0.05) is 6.42 Å². The molecule has 0 aromatic rings. The number of aliphatic carboxylic acids is 1. The highest BCUT2D eigenvalue weighted by molar-refractivity contribution is 5.67. The Morgan fingerprint density at radius 3 is 2.23 bits per heavy atom. The number of hydrogen-bond donors (Lipinski definition) is 1. The maximum absolute atomic E-state index is 10.5. The summed E-state index contributed by atoms with van der Waals surface area (Å²) < 4.78 is 0. The highest BCUT2D eigenvalue weighted by Gasteiger charge is 2.24. The Labute approximate surface area is 80.3 Å². The van der Waals surface area contributed by atoms with E-state index in [0.717, 1.165) is 24.7 Å². The molecular formula is C11H20O2. The van der Waals surface area contributed by atoms with Gasteiger partial charge in [-0.2, -0.15) is 0 Å². The van der Waals surface area contributed by atoms with Crippen LogP contribution >= 0.6 is 0 Å². The van der Waals surface area contributed by atoms with Crippen molar-refractivity contribution in [2.75, 3.05) is 0 Å². The van der Waals surface area contributed by atoms with Gasteiger partial charge in [-0.3, -0.25) is 4.79 Å². The van der Waals surface area contributed by atoms with Gasteiger partial charge in [-0.1, -0.05) is 13.8 Å². The summed E-state index contributed by atoms with van der Waals surface area (Å²) in [6, 6.07) is 0. The van der Waals surface area contributed by atoms with Crippen molar-refractivity contribution in [2.24, 2.45) is 17.8 Å². The van der Waals surface area contributed by atoms with Crippen LogP contribution < -0.4 is 0 Å². The molecule has 76 valence electrons. The van der Waals surface area contributed by atoms with E-state index < -0.39 is 5.97 Å². The quantitative estimate of drug-likeness (QED) is 0.732. The van der Waals surface area contributed by atoms with E-state index in [2.05, 4.69) is 13.8 Å². The lowest BCUT2D eigenvalue weighted by Gasteiger charge is -2.29. The second-order valence-corrected chi connectivity index (χ2v) is 4.62. The van der Waals surface area contributed by atoms with Gasteiger partial charge in [0.15, 0.2) is 0 Å². The monoisotopic (exact) mass is 184 g/mol. The predicted molar refractivity (Wildman–Crippen MR) is 52.5 cm³/mol. The summed E-state index contributed by atoms with van der Waals surface area (Å²) in [6.45, 7) is 4.53. The highest BCUT2D eigenvalue weighted by Crippen LogP contribution is 2.34. The van der Waals surface area contributed by atoms with Crippen LogP contribution in [0.5, 0.6) is 0 Å². The van der Waals surface area contributed by atoms with Gasteiger partial charge in [0.2, 0.25) is 0 Å². The molecule has 1 fully saturated rings. The van der Waals surface area contributed by atoms with Crippen LogP contribution in [0.2, 0.25) is 0 Å². The summed E-state index contributed by atoms with van der Waals surface area (Å²) in [5.74, 6) is 1.43. The largest absolute Gasteiger partial charge is 0.481 e. The number of carbonyl (C=O) groups is 1. The Hall–Kier alpha value is -0.530. The van der Waals surface area contributed by atoms with Crippen molar-refractivity contribution in [3.63, 3.8) is 0 Å². The molecule has 1 aliphatic rings. The third-order valence-corrected chi connectivity index (χ3v) is 3.30. The third-order valence-electron chi connectivity index (χ3n) is 3.30. The fraction of sp³-hybridized carbons (Fsp3) is 0.909. The average molecular weight is 184 g/mol. The van der Waals surface area contributed by atoms with E-state index in [4.69, 9.17) is 5.11 Å². The molecule has 1 aliphatic carbocycles. The predicted octanol–water partition coefficient (Wildman–Crippen LogP) is 2.92. The first kappa shape index (κ1) is 10.6. The lowest BCUT2D eigenvalue weighted by Crippen LogP contribution is -2.20. The van der Waals surface area contributed by atoms with Crippen LogP contribution in [0.15, 0.2) is 0 Å². The van der Waals surface area contributed by atoms with E-state index in [9.17, 15) is 4.79 Å². The molecule has 0 unspecified atom stereocenters. The topological polar surface area (TPSA) is 37.3 Å². The standard InChI is InChI=1S/C11H20O2/c1-8(2)10-5-3-9(4-6-10)7-11(12)13/h8-10H,3-7H2,1-2H3,(H,12,13)/t9-,10+. The third kappa shape index (κ3) is 3.37. The highest BCUT2D eigenvalue weighted by atomic mass is 16.4. The Morgan fingerprint density at radius 2 is 1.85 bits per heavy atom. The summed E-state index contributed by atoms with van der Waals surface area (Å²) in [5, 5.41) is 8.64. The molecule has 13 heavy (non-hydrogen) atoms. The molecule has 1 N–H and O–H groups in total. The lowest BCUT2D eigenvalue weighted by molar-refractivity contribution is -0.138. The van der Waals surface area contributed by atoms with Crippen molar-refractivity contribution in [3.05, 3.63) is 0 Å². The van der Waals surface area contributed by atoms with E-state index in [-0.39, 0.29) is 0 Å². The molecule has 0 spiro atoms. The molecule has 2 nitrogen and oxygen atoms in total. The van der Waals surface area contributed by atoms with Gasteiger partial charge in [-0.15, -0.1) is 0 Å². The lowest BCUT2D eigenvalue weighted by atomic mass is 9.76. The Balaban J connectivity index is 2.26. The summed E-state index contributed by atoms with van der Waals surface area (Å²) >= 11 is 0. The zero-order valence-electron chi connectivity index (χ0n) is 8.62. The van der Waals surface area contributed by atoms with E-state index in [0.29, 0.717) is 12.3 Å². The number of hydrogen-bond acceptors (Lipinski definition) is 1. The Kier molecular flexibility index (Phi) is 3.76. The molecule has 0 atom stereocenters. The van der Waals surface area contributed by atoms with Gasteiger partial charge in [0.25, 0.3) is 0 Å². The van der Waals surface area contributed by atoms with Crippen LogP contribution in [-0.4, -0.2) is 11.1 Å². The molecule has 0 aromatic carbocycles. The van der Waals surface area contributed by atoms with Crippen LogP contribution in [0, 0.1) is 17.8 Å². The number of carboxylic acids is 1. The van der Waals surface area contributed by atoms with Gasteiger partial charge in [-0.25, -0.2) is 0 Å². The molecule has 0 bridgehead atoms. The maximum Gasteiger partial charge on any atom is 0.303 e. The fourth-order valence-electron chi connectivity index (χ4n) is 2.31. The minimum atomic E-state index is -0.631. The Bertz CT molecular complexity index is 167. The molecular weight excluding hydrogens is 164 g/mol. The molecule has 2 heteroatoms. The molecule has 0 aliphatic heterocycles. The first-order chi connectivity index (χ1) is 6.09. The van der Waals surface area contributed by atoms with Crippen molar-refractivity contribution in [3.8, 4) is 0 Å². The van der Waals surface area contributed by atoms with Gasteiger partial charge in [0.1, 0.15) is 0 Å². The van der Waals surface area contributed by atoms with Crippen molar-refractivity contribution >= 4 is 5.97 Å². The van der Waals surface area contributed by atoms with Gasteiger partial charge in [-0.05, 0) is 43.4 Å². The van der Waals surface area contributed by atoms with Gasteiger partial charge >= 0.3 is 5.97 Å². The van der Waals surface area contributed by atoms with E-state index in [1.807, 2.05) is 0 Å². The van der Waals surface area contributed by atoms with Crippen molar-refractivity contribution in [1.29, 1.82) is 0 Å². The van der Waals surface area contributed by atoms with Gasteiger partial charge < -0.3 is 5.11 Å². The van der Waals surface area contributed by atoms with E-state index >= 15 is 0 Å².